The van der Waals surface area contributed by atoms with Gasteiger partial charge in [0.2, 0.25) is 5.91 Å². The van der Waals surface area contributed by atoms with Crippen LogP contribution in [-0.4, -0.2) is 43.2 Å². The first-order chi connectivity index (χ1) is 13.8. The standard InChI is InChI=1S/C23H28N2O3/c26-23(24-15-22-10-5-13-27-22)19-11-12-25(17-19)16-18-6-4-9-21(14-18)28-20-7-2-1-3-8-20/h1-4,6-9,14,19,22H,5,10-13,15-17H2,(H,24,26). The van der Waals surface area contributed by atoms with E-state index in [2.05, 4.69) is 22.3 Å². The Kier molecular flexibility index (Phi) is 6.24. The van der Waals surface area contributed by atoms with Crippen LogP contribution < -0.4 is 10.1 Å². The molecule has 2 atom stereocenters. The van der Waals surface area contributed by atoms with Gasteiger partial charge in [-0.3, -0.25) is 9.69 Å². The molecule has 2 heterocycles. The fraction of sp³-hybridized carbons (Fsp3) is 0.435. The zero-order valence-electron chi connectivity index (χ0n) is 16.2. The number of hydrogen-bond donors (Lipinski definition) is 1. The van der Waals surface area contributed by atoms with Crippen LogP contribution in [0.5, 0.6) is 11.5 Å². The highest BCUT2D eigenvalue weighted by Crippen LogP contribution is 2.24. The van der Waals surface area contributed by atoms with Crippen molar-refractivity contribution in [3.8, 4) is 11.5 Å². The molecule has 2 saturated heterocycles. The molecular weight excluding hydrogens is 352 g/mol. The monoisotopic (exact) mass is 380 g/mol. The average molecular weight is 380 g/mol. The van der Waals surface area contributed by atoms with E-state index >= 15 is 0 Å². The van der Waals surface area contributed by atoms with Gasteiger partial charge in [-0.2, -0.15) is 0 Å². The summed E-state index contributed by atoms with van der Waals surface area (Å²) in [4.78, 5) is 14.8. The molecule has 5 nitrogen and oxygen atoms in total. The summed E-state index contributed by atoms with van der Waals surface area (Å²) in [7, 11) is 0. The van der Waals surface area contributed by atoms with Crippen molar-refractivity contribution in [2.75, 3.05) is 26.2 Å². The normalized spacial score (nSPS) is 22.3. The number of carbonyl (C=O) groups is 1. The fourth-order valence-corrected chi connectivity index (χ4v) is 3.94. The second kappa shape index (κ2) is 9.22. The number of ether oxygens (including phenoxy) is 2. The van der Waals surface area contributed by atoms with Gasteiger partial charge in [0.05, 0.1) is 12.0 Å². The van der Waals surface area contributed by atoms with Gasteiger partial charge in [-0.05, 0) is 55.6 Å². The Morgan fingerprint density at radius 2 is 1.96 bits per heavy atom. The van der Waals surface area contributed by atoms with Crippen molar-refractivity contribution >= 4 is 5.91 Å². The molecular formula is C23H28N2O3. The van der Waals surface area contributed by atoms with Crippen LogP contribution in [0, 0.1) is 5.92 Å². The molecule has 28 heavy (non-hydrogen) atoms. The maximum Gasteiger partial charge on any atom is 0.224 e. The molecule has 2 aliphatic rings. The molecule has 0 saturated carbocycles. The Hall–Kier alpha value is -2.37. The predicted molar refractivity (Wildman–Crippen MR) is 108 cm³/mol. The van der Waals surface area contributed by atoms with Crippen LogP contribution in [0.3, 0.4) is 0 Å². The minimum atomic E-state index is 0.0742. The molecule has 2 fully saturated rings. The molecule has 2 aromatic rings. The van der Waals surface area contributed by atoms with Crippen LogP contribution in [0.15, 0.2) is 54.6 Å². The van der Waals surface area contributed by atoms with Crippen molar-refractivity contribution < 1.29 is 14.3 Å². The quantitative estimate of drug-likeness (QED) is 0.797. The highest BCUT2D eigenvalue weighted by atomic mass is 16.5. The molecule has 2 unspecified atom stereocenters. The summed E-state index contributed by atoms with van der Waals surface area (Å²) in [5.41, 5.74) is 1.20. The third kappa shape index (κ3) is 5.12. The second-order valence-corrected chi connectivity index (χ2v) is 7.66. The maximum absolute atomic E-state index is 12.4. The molecule has 2 aromatic carbocycles. The number of nitrogens with one attached hydrogen (secondary N) is 1. The van der Waals surface area contributed by atoms with Crippen LogP contribution in [0.1, 0.15) is 24.8 Å². The van der Waals surface area contributed by atoms with Crippen molar-refractivity contribution in [3.63, 3.8) is 0 Å². The van der Waals surface area contributed by atoms with E-state index in [1.165, 1.54) is 5.56 Å². The van der Waals surface area contributed by atoms with Gasteiger partial charge in [0.25, 0.3) is 0 Å². The lowest BCUT2D eigenvalue weighted by atomic mass is 10.1. The van der Waals surface area contributed by atoms with Gasteiger partial charge in [0, 0.05) is 26.2 Å². The van der Waals surface area contributed by atoms with E-state index in [1.54, 1.807) is 0 Å². The van der Waals surface area contributed by atoms with E-state index in [9.17, 15) is 4.79 Å². The molecule has 0 spiro atoms. The van der Waals surface area contributed by atoms with E-state index in [4.69, 9.17) is 9.47 Å². The largest absolute Gasteiger partial charge is 0.457 e. The molecule has 0 bridgehead atoms. The fourth-order valence-electron chi connectivity index (χ4n) is 3.94. The number of carbonyl (C=O) groups excluding carboxylic acids is 1. The SMILES string of the molecule is O=C(NCC1CCCO1)C1CCN(Cc2cccc(Oc3ccccc3)c2)C1. The third-order valence-electron chi connectivity index (χ3n) is 5.45. The third-order valence-corrected chi connectivity index (χ3v) is 5.45. The van der Waals surface area contributed by atoms with Crippen LogP contribution in [0.2, 0.25) is 0 Å². The zero-order chi connectivity index (χ0) is 19.2. The molecule has 5 heteroatoms. The zero-order valence-corrected chi connectivity index (χ0v) is 16.2. The Balaban J connectivity index is 1.26. The summed E-state index contributed by atoms with van der Waals surface area (Å²) in [6.07, 6.45) is 3.27. The van der Waals surface area contributed by atoms with E-state index in [0.29, 0.717) is 6.54 Å². The lowest BCUT2D eigenvalue weighted by molar-refractivity contribution is -0.125. The van der Waals surface area contributed by atoms with Crippen LogP contribution >= 0.6 is 0 Å². The van der Waals surface area contributed by atoms with Gasteiger partial charge in [0.1, 0.15) is 11.5 Å². The van der Waals surface area contributed by atoms with Crippen LogP contribution in [-0.2, 0) is 16.1 Å². The van der Waals surface area contributed by atoms with Crippen molar-refractivity contribution in [1.82, 2.24) is 10.2 Å². The molecule has 4 rings (SSSR count). The number of benzene rings is 2. The Morgan fingerprint density at radius 1 is 1.11 bits per heavy atom. The maximum atomic E-state index is 12.4. The van der Waals surface area contributed by atoms with Crippen molar-refractivity contribution in [3.05, 3.63) is 60.2 Å². The predicted octanol–water partition coefficient (Wildman–Crippen LogP) is 3.60. The van der Waals surface area contributed by atoms with E-state index in [-0.39, 0.29) is 17.9 Å². The molecule has 2 aliphatic heterocycles. The highest BCUT2D eigenvalue weighted by Gasteiger charge is 2.29. The molecule has 1 amide bonds. The van der Waals surface area contributed by atoms with Gasteiger partial charge in [-0.1, -0.05) is 30.3 Å². The van der Waals surface area contributed by atoms with Crippen LogP contribution in [0.4, 0.5) is 0 Å². The first-order valence-corrected chi connectivity index (χ1v) is 10.2. The number of amides is 1. The molecule has 1 N–H and O–H groups in total. The summed E-state index contributed by atoms with van der Waals surface area (Å²) >= 11 is 0. The van der Waals surface area contributed by atoms with Gasteiger partial charge >= 0.3 is 0 Å². The lowest BCUT2D eigenvalue weighted by Gasteiger charge is -2.17. The summed E-state index contributed by atoms with van der Waals surface area (Å²) in [5, 5.41) is 3.08. The molecule has 0 aromatic heterocycles. The number of para-hydroxylation sites is 1. The van der Waals surface area contributed by atoms with E-state index in [1.807, 2.05) is 42.5 Å². The van der Waals surface area contributed by atoms with Crippen molar-refractivity contribution in [2.45, 2.75) is 31.9 Å². The molecule has 0 radical (unpaired) electrons. The van der Waals surface area contributed by atoms with E-state index < -0.39 is 0 Å². The van der Waals surface area contributed by atoms with Crippen molar-refractivity contribution in [2.24, 2.45) is 5.92 Å². The first kappa shape index (κ1) is 19.0. The number of likely N-dealkylation sites (tertiary alicyclic amines) is 1. The molecule has 0 aliphatic carbocycles. The lowest BCUT2D eigenvalue weighted by Crippen LogP contribution is -2.37. The van der Waals surface area contributed by atoms with Gasteiger partial charge in [-0.25, -0.2) is 0 Å². The number of rotatable bonds is 7. The van der Waals surface area contributed by atoms with Crippen LogP contribution in [0.25, 0.3) is 0 Å². The highest BCUT2D eigenvalue weighted by molar-refractivity contribution is 5.79. The number of nitrogens with zero attached hydrogens (tertiary/aromatic N) is 1. The summed E-state index contributed by atoms with van der Waals surface area (Å²) < 4.78 is 11.5. The topological polar surface area (TPSA) is 50.8 Å². The molecule has 148 valence electrons. The Bertz CT molecular complexity index is 774. The summed E-state index contributed by atoms with van der Waals surface area (Å²) in [6, 6.07) is 18.0. The second-order valence-electron chi connectivity index (χ2n) is 7.66. The summed E-state index contributed by atoms with van der Waals surface area (Å²) in [5.74, 6) is 1.92. The van der Waals surface area contributed by atoms with Gasteiger partial charge < -0.3 is 14.8 Å². The first-order valence-electron chi connectivity index (χ1n) is 10.2. The van der Waals surface area contributed by atoms with E-state index in [0.717, 1.165) is 57.0 Å². The van der Waals surface area contributed by atoms with Crippen molar-refractivity contribution in [1.29, 1.82) is 0 Å². The summed E-state index contributed by atoms with van der Waals surface area (Å²) in [6.45, 7) is 4.06. The smallest absolute Gasteiger partial charge is 0.224 e. The Morgan fingerprint density at radius 3 is 2.79 bits per heavy atom. The van der Waals surface area contributed by atoms with Gasteiger partial charge in [-0.15, -0.1) is 0 Å². The average Bonchev–Trinajstić information content (AvgIpc) is 3.39. The Labute approximate surface area is 166 Å². The number of hydrogen-bond acceptors (Lipinski definition) is 4. The van der Waals surface area contributed by atoms with Gasteiger partial charge in [0.15, 0.2) is 0 Å². The minimum absolute atomic E-state index is 0.0742. The minimum Gasteiger partial charge on any atom is -0.457 e.